The van der Waals surface area contributed by atoms with Crippen LogP contribution in [0.25, 0.3) is 0 Å². The molecular formula is C15H14N2O4. The molecule has 6 heteroatoms. The molecule has 0 spiro atoms. The van der Waals surface area contributed by atoms with E-state index >= 15 is 0 Å². The van der Waals surface area contributed by atoms with Gasteiger partial charge in [0, 0.05) is 5.69 Å². The summed E-state index contributed by atoms with van der Waals surface area (Å²) < 4.78 is 9.60. The number of pyridine rings is 1. The molecule has 1 aromatic heterocycles. The van der Waals surface area contributed by atoms with Crippen LogP contribution in [0.3, 0.4) is 0 Å². The molecule has 0 aliphatic heterocycles. The van der Waals surface area contributed by atoms with E-state index in [1.54, 1.807) is 37.4 Å². The second-order valence-electron chi connectivity index (χ2n) is 4.08. The molecule has 2 rings (SSSR count). The van der Waals surface area contributed by atoms with Crippen molar-refractivity contribution >= 4 is 17.6 Å². The molecule has 1 N–H and O–H groups in total. The molecule has 0 aliphatic carbocycles. The molecule has 1 amide bonds. The first kappa shape index (κ1) is 14.5. The van der Waals surface area contributed by atoms with Crippen LogP contribution in [0.15, 0.2) is 42.5 Å². The van der Waals surface area contributed by atoms with E-state index in [1.165, 1.54) is 19.2 Å². The molecule has 0 atom stereocenters. The van der Waals surface area contributed by atoms with E-state index in [0.717, 1.165) is 0 Å². The summed E-state index contributed by atoms with van der Waals surface area (Å²) in [4.78, 5) is 27.4. The third-order valence-electron chi connectivity index (χ3n) is 2.72. The zero-order valence-electron chi connectivity index (χ0n) is 11.6. The summed E-state index contributed by atoms with van der Waals surface area (Å²) in [5, 5.41) is 2.68. The molecular weight excluding hydrogens is 272 g/mol. The Bertz CT molecular complexity index is 653. The van der Waals surface area contributed by atoms with Crippen molar-refractivity contribution in [2.24, 2.45) is 0 Å². The van der Waals surface area contributed by atoms with Crippen LogP contribution in [-0.4, -0.2) is 31.1 Å². The van der Waals surface area contributed by atoms with Crippen LogP contribution in [0, 0.1) is 0 Å². The lowest BCUT2D eigenvalue weighted by Gasteiger charge is -2.06. The van der Waals surface area contributed by atoms with Crippen LogP contribution < -0.4 is 10.1 Å². The first-order valence-electron chi connectivity index (χ1n) is 6.15. The van der Waals surface area contributed by atoms with Gasteiger partial charge in [-0.25, -0.2) is 9.78 Å². The fourth-order valence-corrected chi connectivity index (χ4v) is 1.65. The molecule has 0 aliphatic rings. The Balaban J connectivity index is 2.14. The molecule has 0 unspecified atom stereocenters. The van der Waals surface area contributed by atoms with Gasteiger partial charge in [0.2, 0.25) is 0 Å². The molecule has 21 heavy (non-hydrogen) atoms. The number of hydrogen-bond donors (Lipinski definition) is 1. The van der Waals surface area contributed by atoms with Gasteiger partial charge in [-0.05, 0) is 36.4 Å². The molecule has 0 fully saturated rings. The minimum Gasteiger partial charge on any atom is -0.497 e. The molecule has 0 saturated heterocycles. The average Bonchev–Trinajstić information content (AvgIpc) is 2.55. The van der Waals surface area contributed by atoms with Crippen LogP contribution >= 0.6 is 0 Å². The summed E-state index contributed by atoms with van der Waals surface area (Å²) in [6, 6.07) is 11.5. The SMILES string of the molecule is COC(=O)c1cccc(C(=O)Nc2ccc(OC)cc2)n1. The van der Waals surface area contributed by atoms with E-state index in [2.05, 4.69) is 15.0 Å². The summed E-state index contributed by atoms with van der Waals surface area (Å²) in [6.07, 6.45) is 0. The van der Waals surface area contributed by atoms with E-state index in [1.807, 2.05) is 0 Å². The predicted molar refractivity (Wildman–Crippen MR) is 76.5 cm³/mol. The number of carbonyl (C=O) groups is 2. The molecule has 0 radical (unpaired) electrons. The number of aromatic nitrogens is 1. The normalized spacial score (nSPS) is 9.81. The van der Waals surface area contributed by atoms with E-state index in [0.29, 0.717) is 11.4 Å². The highest BCUT2D eigenvalue weighted by molar-refractivity contribution is 6.03. The van der Waals surface area contributed by atoms with Gasteiger partial charge in [-0.15, -0.1) is 0 Å². The monoisotopic (exact) mass is 286 g/mol. The smallest absolute Gasteiger partial charge is 0.356 e. The Hall–Kier alpha value is -2.89. The third-order valence-corrected chi connectivity index (χ3v) is 2.72. The fraction of sp³-hybridized carbons (Fsp3) is 0.133. The van der Waals surface area contributed by atoms with Gasteiger partial charge in [0.1, 0.15) is 17.1 Å². The van der Waals surface area contributed by atoms with Gasteiger partial charge in [-0.2, -0.15) is 0 Å². The van der Waals surface area contributed by atoms with Crippen LogP contribution in [0.2, 0.25) is 0 Å². The lowest BCUT2D eigenvalue weighted by Crippen LogP contribution is -2.15. The highest BCUT2D eigenvalue weighted by Gasteiger charge is 2.12. The van der Waals surface area contributed by atoms with Gasteiger partial charge in [0.15, 0.2) is 0 Å². The number of nitrogens with one attached hydrogen (secondary N) is 1. The maximum absolute atomic E-state index is 12.1. The van der Waals surface area contributed by atoms with Crippen molar-refractivity contribution in [1.82, 2.24) is 4.98 Å². The van der Waals surface area contributed by atoms with Gasteiger partial charge in [0.05, 0.1) is 14.2 Å². The lowest BCUT2D eigenvalue weighted by atomic mass is 10.2. The largest absolute Gasteiger partial charge is 0.497 e. The zero-order chi connectivity index (χ0) is 15.2. The van der Waals surface area contributed by atoms with E-state index < -0.39 is 11.9 Å². The fourth-order valence-electron chi connectivity index (χ4n) is 1.65. The van der Waals surface area contributed by atoms with Crippen LogP contribution in [0.5, 0.6) is 5.75 Å². The summed E-state index contributed by atoms with van der Waals surface area (Å²) in [6.45, 7) is 0. The van der Waals surface area contributed by atoms with Gasteiger partial charge < -0.3 is 14.8 Å². The highest BCUT2D eigenvalue weighted by atomic mass is 16.5. The van der Waals surface area contributed by atoms with Crippen molar-refractivity contribution < 1.29 is 19.1 Å². The number of benzene rings is 1. The van der Waals surface area contributed by atoms with Gasteiger partial charge in [0.25, 0.3) is 5.91 Å². The second-order valence-corrected chi connectivity index (χ2v) is 4.08. The van der Waals surface area contributed by atoms with Crippen molar-refractivity contribution in [3.63, 3.8) is 0 Å². The van der Waals surface area contributed by atoms with Gasteiger partial charge in [-0.1, -0.05) is 6.07 Å². The number of carbonyl (C=O) groups excluding carboxylic acids is 2. The number of hydrogen-bond acceptors (Lipinski definition) is 5. The number of ether oxygens (including phenoxy) is 2. The van der Waals surface area contributed by atoms with Crippen LogP contribution in [0.4, 0.5) is 5.69 Å². The Morgan fingerprint density at radius 3 is 2.29 bits per heavy atom. The molecule has 0 saturated carbocycles. The number of amides is 1. The minimum atomic E-state index is -0.589. The van der Waals surface area contributed by atoms with Crippen LogP contribution in [-0.2, 0) is 4.74 Å². The minimum absolute atomic E-state index is 0.0832. The Labute approximate surface area is 121 Å². The average molecular weight is 286 g/mol. The number of methoxy groups -OCH3 is 2. The quantitative estimate of drug-likeness (QED) is 0.871. The van der Waals surface area contributed by atoms with E-state index in [4.69, 9.17) is 4.74 Å². The highest BCUT2D eigenvalue weighted by Crippen LogP contribution is 2.15. The number of esters is 1. The molecule has 1 aromatic carbocycles. The molecule has 1 heterocycles. The lowest BCUT2D eigenvalue weighted by molar-refractivity contribution is 0.0594. The molecule has 108 valence electrons. The molecule has 2 aromatic rings. The summed E-state index contributed by atoms with van der Waals surface area (Å²) in [5.74, 6) is -0.307. The van der Waals surface area contributed by atoms with Crippen molar-refractivity contribution in [2.75, 3.05) is 19.5 Å². The third kappa shape index (κ3) is 3.56. The van der Waals surface area contributed by atoms with E-state index in [9.17, 15) is 9.59 Å². The van der Waals surface area contributed by atoms with E-state index in [-0.39, 0.29) is 11.4 Å². The van der Waals surface area contributed by atoms with Gasteiger partial charge >= 0.3 is 5.97 Å². The molecule has 6 nitrogen and oxygen atoms in total. The zero-order valence-corrected chi connectivity index (χ0v) is 11.6. The topological polar surface area (TPSA) is 77.5 Å². The number of nitrogens with zero attached hydrogens (tertiary/aromatic N) is 1. The predicted octanol–water partition coefficient (Wildman–Crippen LogP) is 2.13. The van der Waals surface area contributed by atoms with Crippen molar-refractivity contribution in [1.29, 1.82) is 0 Å². The Morgan fingerprint density at radius 2 is 1.67 bits per heavy atom. The standard InChI is InChI=1S/C15H14N2O4/c1-20-11-8-6-10(7-9-11)16-14(18)12-4-3-5-13(17-12)15(19)21-2/h3-9H,1-2H3,(H,16,18). The van der Waals surface area contributed by atoms with Gasteiger partial charge in [-0.3, -0.25) is 4.79 Å². The summed E-state index contributed by atoms with van der Waals surface area (Å²) in [5.41, 5.74) is 0.819. The Morgan fingerprint density at radius 1 is 1.00 bits per heavy atom. The summed E-state index contributed by atoms with van der Waals surface area (Å²) >= 11 is 0. The maximum atomic E-state index is 12.1. The molecule has 0 bridgehead atoms. The number of rotatable bonds is 4. The Kier molecular flexibility index (Phi) is 4.50. The number of anilines is 1. The first-order valence-corrected chi connectivity index (χ1v) is 6.15. The van der Waals surface area contributed by atoms with Crippen molar-refractivity contribution in [3.8, 4) is 5.75 Å². The summed E-state index contributed by atoms with van der Waals surface area (Å²) in [7, 11) is 2.82. The van der Waals surface area contributed by atoms with Crippen molar-refractivity contribution in [3.05, 3.63) is 53.9 Å². The maximum Gasteiger partial charge on any atom is 0.356 e. The van der Waals surface area contributed by atoms with Crippen LogP contribution in [0.1, 0.15) is 21.0 Å². The van der Waals surface area contributed by atoms with Crippen molar-refractivity contribution in [2.45, 2.75) is 0 Å². The second kappa shape index (κ2) is 6.51. The first-order chi connectivity index (χ1) is 10.1.